The quantitative estimate of drug-likeness (QED) is 0.837. The summed E-state index contributed by atoms with van der Waals surface area (Å²) < 4.78 is 26.4. The topological polar surface area (TPSA) is 37.4 Å². The average Bonchev–Trinajstić information content (AvgIpc) is 2.44. The lowest BCUT2D eigenvalue weighted by molar-refractivity contribution is 0.466. The summed E-state index contributed by atoms with van der Waals surface area (Å²) >= 11 is 11.7. The molecule has 0 spiro atoms. The van der Waals surface area contributed by atoms with Gasteiger partial charge in [0.1, 0.15) is 0 Å². The molecule has 0 unspecified atom stereocenters. The molecule has 0 radical (unpaired) electrons. The summed E-state index contributed by atoms with van der Waals surface area (Å²) in [5.41, 5.74) is 2.01. The molecular weight excluding hydrogens is 329 g/mol. The van der Waals surface area contributed by atoms with Crippen molar-refractivity contribution >= 4 is 33.2 Å². The summed E-state index contributed by atoms with van der Waals surface area (Å²) in [5.74, 6) is 0. The molecule has 2 rings (SSSR count). The molecule has 0 aromatic heterocycles. The third kappa shape index (κ3) is 3.58. The number of rotatable bonds is 4. The second-order valence-corrected chi connectivity index (χ2v) is 7.62. The zero-order valence-corrected chi connectivity index (χ0v) is 14.0. The number of hydrogen-bond donors (Lipinski definition) is 0. The summed E-state index contributed by atoms with van der Waals surface area (Å²) in [6, 6.07) is 12.0. The zero-order valence-electron chi connectivity index (χ0n) is 11.7. The van der Waals surface area contributed by atoms with Crippen LogP contribution < -0.4 is 0 Å². The lowest BCUT2D eigenvalue weighted by Gasteiger charge is -2.18. The smallest absolute Gasteiger partial charge is 0.207 e. The first kappa shape index (κ1) is 16.3. The van der Waals surface area contributed by atoms with Gasteiger partial charge in [-0.05, 0) is 36.2 Å². The van der Waals surface area contributed by atoms with Gasteiger partial charge in [0.25, 0.3) is 0 Å². The van der Waals surface area contributed by atoms with Gasteiger partial charge in [-0.1, -0.05) is 47.5 Å². The van der Waals surface area contributed by atoms with Crippen LogP contribution in [0.1, 0.15) is 11.1 Å². The van der Waals surface area contributed by atoms with Crippen LogP contribution in [-0.2, 0) is 16.6 Å². The molecule has 0 aliphatic rings. The molecule has 21 heavy (non-hydrogen) atoms. The molecule has 0 saturated heterocycles. The average molecular weight is 344 g/mol. The maximum atomic E-state index is 12.5. The molecule has 0 fully saturated rings. The Bertz CT molecular complexity index is 760. The summed E-state index contributed by atoms with van der Waals surface area (Å²) in [4.78, 5) is 0.132. The highest BCUT2D eigenvalue weighted by Crippen LogP contribution is 2.26. The number of benzene rings is 2. The van der Waals surface area contributed by atoms with Gasteiger partial charge in [-0.15, -0.1) is 0 Å². The third-order valence-corrected chi connectivity index (χ3v) is 5.79. The van der Waals surface area contributed by atoms with Crippen molar-refractivity contribution in [1.82, 2.24) is 4.31 Å². The van der Waals surface area contributed by atoms with Gasteiger partial charge in [-0.3, -0.25) is 0 Å². The molecule has 2 aromatic carbocycles. The van der Waals surface area contributed by atoms with Crippen molar-refractivity contribution in [3.8, 4) is 0 Å². The van der Waals surface area contributed by atoms with E-state index in [1.54, 1.807) is 7.05 Å². The minimum atomic E-state index is -3.60. The van der Waals surface area contributed by atoms with E-state index in [0.29, 0.717) is 11.6 Å². The van der Waals surface area contributed by atoms with Crippen LogP contribution in [0.15, 0.2) is 47.4 Å². The van der Waals surface area contributed by atoms with E-state index < -0.39 is 10.0 Å². The van der Waals surface area contributed by atoms with Crippen LogP contribution >= 0.6 is 23.2 Å². The SMILES string of the molecule is Cc1ccccc1CN(C)S(=O)(=O)c1ccc(Cl)c(Cl)c1. The van der Waals surface area contributed by atoms with Crippen LogP contribution in [0.4, 0.5) is 0 Å². The number of sulfonamides is 1. The van der Waals surface area contributed by atoms with Crippen LogP contribution in [0.2, 0.25) is 10.0 Å². The molecule has 0 aliphatic carbocycles. The van der Waals surface area contributed by atoms with Gasteiger partial charge in [0, 0.05) is 13.6 Å². The first-order valence-electron chi connectivity index (χ1n) is 6.28. The first-order chi connectivity index (χ1) is 9.82. The molecule has 3 nitrogen and oxygen atoms in total. The molecule has 0 heterocycles. The predicted octanol–water partition coefficient (Wildman–Crippen LogP) is 4.12. The Morgan fingerprint density at radius 1 is 1.05 bits per heavy atom. The standard InChI is InChI=1S/C15H15Cl2NO2S/c1-11-5-3-4-6-12(11)10-18(2)21(19,20)13-7-8-14(16)15(17)9-13/h3-9H,10H2,1-2H3. The van der Waals surface area contributed by atoms with Crippen LogP contribution in [0.25, 0.3) is 0 Å². The summed E-state index contributed by atoms with van der Waals surface area (Å²) in [6.07, 6.45) is 0. The van der Waals surface area contributed by atoms with E-state index >= 15 is 0 Å². The molecule has 112 valence electrons. The Morgan fingerprint density at radius 2 is 1.71 bits per heavy atom. The molecule has 0 saturated carbocycles. The fourth-order valence-corrected chi connectivity index (χ4v) is 3.47. The van der Waals surface area contributed by atoms with Gasteiger partial charge in [-0.2, -0.15) is 4.31 Å². The van der Waals surface area contributed by atoms with Crippen molar-refractivity contribution in [3.63, 3.8) is 0 Å². The van der Waals surface area contributed by atoms with E-state index in [4.69, 9.17) is 23.2 Å². The number of hydrogen-bond acceptors (Lipinski definition) is 2. The van der Waals surface area contributed by atoms with Gasteiger partial charge in [0.2, 0.25) is 10.0 Å². The van der Waals surface area contributed by atoms with Gasteiger partial charge < -0.3 is 0 Å². The number of aryl methyl sites for hydroxylation is 1. The molecule has 0 N–H and O–H groups in total. The molecule has 0 amide bonds. The van der Waals surface area contributed by atoms with Crippen LogP contribution in [-0.4, -0.2) is 19.8 Å². The van der Waals surface area contributed by atoms with Crippen molar-refractivity contribution in [2.75, 3.05) is 7.05 Å². The Labute approximate surface area is 135 Å². The normalized spacial score (nSPS) is 11.9. The Balaban J connectivity index is 2.30. The molecule has 0 atom stereocenters. The van der Waals surface area contributed by atoms with E-state index in [0.717, 1.165) is 11.1 Å². The highest BCUT2D eigenvalue weighted by atomic mass is 35.5. The molecular formula is C15H15Cl2NO2S. The molecule has 0 bridgehead atoms. The molecule has 0 aliphatic heterocycles. The zero-order chi connectivity index (χ0) is 15.6. The maximum Gasteiger partial charge on any atom is 0.243 e. The fraction of sp³-hybridized carbons (Fsp3) is 0.200. The monoisotopic (exact) mass is 343 g/mol. The van der Waals surface area contributed by atoms with Gasteiger partial charge in [0.05, 0.1) is 14.9 Å². The van der Waals surface area contributed by atoms with Crippen molar-refractivity contribution in [3.05, 3.63) is 63.6 Å². The predicted molar refractivity (Wildman–Crippen MR) is 86.3 cm³/mol. The largest absolute Gasteiger partial charge is 0.243 e. The minimum Gasteiger partial charge on any atom is -0.207 e. The summed E-state index contributed by atoms with van der Waals surface area (Å²) in [5, 5.41) is 0.555. The third-order valence-electron chi connectivity index (χ3n) is 3.25. The van der Waals surface area contributed by atoms with E-state index in [1.807, 2.05) is 31.2 Å². The van der Waals surface area contributed by atoms with E-state index in [1.165, 1.54) is 22.5 Å². The highest BCUT2D eigenvalue weighted by molar-refractivity contribution is 7.89. The number of halogens is 2. The highest BCUT2D eigenvalue weighted by Gasteiger charge is 2.22. The van der Waals surface area contributed by atoms with Crippen LogP contribution in [0, 0.1) is 6.92 Å². The van der Waals surface area contributed by atoms with Gasteiger partial charge in [-0.25, -0.2) is 8.42 Å². The van der Waals surface area contributed by atoms with E-state index in [-0.39, 0.29) is 9.92 Å². The fourth-order valence-electron chi connectivity index (χ4n) is 1.93. The van der Waals surface area contributed by atoms with E-state index in [9.17, 15) is 8.42 Å². The van der Waals surface area contributed by atoms with E-state index in [2.05, 4.69) is 0 Å². The van der Waals surface area contributed by atoms with Crippen molar-refractivity contribution in [2.45, 2.75) is 18.4 Å². The van der Waals surface area contributed by atoms with Gasteiger partial charge >= 0.3 is 0 Å². The lowest BCUT2D eigenvalue weighted by Crippen LogP contribution is -2.26. The summed E-state index contributed by atoms with van der Waals surface area (Å²) in [7, 11) is -2.06. The lowest BCUT2D eigenvalue weighted by atomic mass is 10.1. The summed E-state index contributed by atoms with van der Waals surface area (Å²) in [6.45, 7) is 2.25. The number of nitrogens with zero attached hydrogens (tertiary/aromatic N) is 1. The maximum absolute atomic E-state index is 12.5. The van der Waals surface area contributed by atoms with Crippen molar-refractivity contribution in [1.29, 1.82) is 0 Å². The first-order valence-corrected chi connectivity index (χ1v) is 8.48. The Hall–Kier alpha value is -1.07. The second kappa shape index (κ2) is 6.36. The second-order valence-electron chi connectivity index (χ2n) is 4.76. The van der Waals surface area contributed by atoms with Gasteiger partial charge in [0.15, 0.2) is 0 Å². The van der Waals surface area contributed by atoms with Crippen LogP contribution in [0.3, 0.4) is 0 Å². The Kier molecular flexibility index (Phi) is 4.94. The molecule has 2 aromatic rings. The Morgan fingerprint density at radius 3 is 2.33 bits per heavy atom. The van der Waals surface area contributed by atoms with Crippen molar-refractivity contribution < 1.29 is 8.42 Å². The van der Waals surface area contributed by atoms with Crippen molar-refractivity contribution in [2.24, 2.45) is 0 Å². The minimum absolute atomic E-state index is 0.132. The molecule has 6 heteroatoms. The van der Waals surface area contributed by atoms with Crippen LogP contribution in [0.5, 0.6) is 0 Å².